The average Bonchev–Trinajstić information content (AvgIpc) is 2.70. The minimum atomic E-state index is -4.52. The first-order valence-corrected chi connectivity index (χ1v) is 8.85. The Bertz CT molecular complexity index is 851. The normalized spacial score (nSPS) is 15.3. The van der Waals surface area contributed by atoms with Crippen LogP contribution in [0.1, 0.15) is 18.4 Å². The van der Waals surface area contributed by atoms with Crippen molar-refractivity contribution in [2.45, 2.75) is 25.1 Å². The summed E-state index contributed by atoms with van der Waals surface area (Å²) in [4.78, 5) is 17.4. The van der Waals surface area contributed by atoms with Crippen molar-refractivity contribution in [3.63, 3.8) is 0 Å². The van der Waals surface area contributed by atoms with Gasteiger partial charge in [0.05, 0.1) is 11.7 Å². The van der Waals surface area contributed by atoms with Gasteiger partial charge >= 0.3 is 12.2 Å². The van der Waals surface area contributed by atoms with Crippen molar-refractivity contribution in [1.29, 1.82) is 0 Å². The van der Waals surface area contributed by atoms with Crippen molar-refractivity contribution >= 4 is 11.7 Å². The van der Waals surface area contributed by atoms with E-state index in [4.69, 9.17) is 9.47 Å². The van der Waals surface area contributed by atoms with Crippen LogP contribution >= 0.6 is 0 Å². The number of hydrogen-bond donors (Lipinski definition) is 1. The molecule has 1 aromatic carbocycles. The molecule has 0 atom stereocenters. The highest BCUT2D eigenvalue weighted by atomic mass is 19.4. The molecule has 1 fully saturated rings. The van der Waals surface area contributed by atoms with E-state index in [1.54, 1.807) is 12.0 Å². The molecule has 0 radical (unpaired) electrons. The van der Waals surface area contributed by atoms with Crippen LogP contribution in [0.4, 0.5) is 28.0 Å². The molecular weight excluding hydrogens is 394 g/mol. The Balaban J connectivity index is 1.61. The van der Waals surface area contributed by atoms with Crippen molar-refractivity contribution in [2.24, 2.45) is 0 Å². The largest absolute Gasteiger partial charge is 0.436 e. The van der Waals surface area contributed by atoms with Crippen molar-refractivity contribution < 1.29 is 31.8 Å². The molecule has 10 heteroatoms. The number of carbonyl (C=O) groups is 1. The number of hydrogen-bond acceptors (Lipinski definition) is 4. The van der Waals surface area contributed by atoms with Gasteiger partial charge in [0.1, 0.15) is 0 Å². The molecule has 1 saturated heterocycles. The number of urea groups is 1. The zero-order chi connectivity index (χ0) is 21.0. The van der Waals surface area contributed by atoms with Crippen LogP contribution in [0, 0.1) is 5.82 Å². The number of amides is 2. The van der Waals surface area contributed by atoms with E-state index in [9.17, 15) is 22.4 Å². The van der Waals surface area contributed by atoms with Crippen LogP contribution in [-0.4, -0.2) is 42.2 Å². The van der Waals surface area contributed by atoms with Crippen LogP contribution in [0.25, 0.3) is 0 Å². The quantitative estimate of drug-likeness (QED) is 0.740. The Morgan fingerprint density at radius 1 is 1.21 bits per heavy atom. The molecule has 3 rings (SSSR count). The fourth-order valence-corrected chi connectivity index (χ4v) is 2.88. The third-order valence-corrected chi connectivity index (χ3v) is 4.52. The van der Waals surface area contributed by atoms with Gasteiger partial charge in [-0.25, -0.2) is 14.2 Å². The summed E-state index contributed by atoms with van der Waals surface area (Å²) >= 11 is 0. The molecule has 0 bridgehead atoms. The van der Waals surface area contributed by atoms with Gasteiger partial charge in [0.25, 0.3) is 0 Å². The second kappa shape index (κ2) is 8.64. The summed E-state index contributed by atoms with van der Waals surface area (Å²) in [6.45, 7) is 1.07. The number of carbonyl (C=O) groups excluding carboxylic acids is 1. The van der Waals surface area contributed by atoms with E-state index in [0.29, 0.717) is 19.3 Å². The minimum Gasteiger partial charge on any atom is -0.436 e. The monoisotopic (exact) mass is 413 g/mol. The Hall–Kier alpha value is -2.88. The molecule has 0 saturated carbocycles. The number of rotatable bonds is 4. The van der Waals surface area contributed by atoms with Gasteiger partial charge in [-0.1, -0.05) is 0 Å². The Morgan fingerprint density at radius 2 is 1.93 bits per heavy atom. The van der Waals surface area contributed by atoms with Crippen molar-refractivity contribution in [3.8, 4) is 11.6 Å². The predicted octanol–water partition coefficient (Wildman–Crippen LogP) is 4.67. The zero-order valence-corrected chi connectivity index (χ0v) is 15.5. The second-order valence-electron chi connectivity index (χ2n) is 6.48. The fraction of sp³-hybridized carbons (Fsp3) is 0.368. The third kappa shape index (κ3) is 5.35. The predicted molar refractivity (Wildman–Crippen MR) is 96.3 cm³/mol. The molecule has 1 aliphatic rings. The van der Waals surface area contributed by atoms with Gasteiger partial charge in [-0.15, -0.1) is 0 Å². The zero-order valence-electron chi connectivity index (χ0n) is 15.5. The lowest BCUT2D eigenvalue weighted by Crippen LogP contribution is -2.42. The lowest BCUT2D eigenvalue weighted by molar-refractivity contribution is -0.137. The highest BCUT2D eigenvalue weighted by molar-refractivity contribution is 5.89. The third-order valence-electron chi connectivity index (χ3n) is 4.52. The average molecular weight is 413 g/mol. The van der Waals surface area contributed by atoms with E-state index in [-0.39, 0.29) is 29.5 Å². The Labute approximate surface area is 164 Å². The Kier molecular flexibility index (Phi) is 6.21. The summed E-state index contributed by atoms with van der Waals surface area (Å²) in [5.74, 6) is -1.20. The maximum absolute atomic E-state index is 14.3. The van der Waals surface area contributed by atoms with Crippen molar-refractivity contribution in [1.82, 2.24) is 9.88 Å². The number of nitrogens with one attached hydrogen (secondary N) is 1. The number of methoxy groups -OCH3 is 1. The van der Waals surface area contributed by atoms with Crippen molar-refractivity contribution in [2.75, 3.05) is 25.5 Å². The molecule has 2 heterocycles. The topological polar surface area (TPSA) is 63.7 Å². The molecule has 0 aliphatic carbocycles. The molecule has 2 amide bonds. The number of aromatic nitrogens is 1. The van der Waals surface area contributed by atoms with E-state index in [1.807, 2.05) is 0 Å². The lowest BCUT2D eigenvalue weighted by atomic mass is 10.1. The van der Waals surface area contributed by atoms with Crippen LogP contribution in [0.5, 0.6) is 11.6 Å². The minimum absolute atomic E-state index is 0.131. The maximum atomic E-state index is 14.3. The number of pyridine rings is 1. The van der Waals surface area contributed by atoms with Crippen molar-refractivity contribution in [3.05, 3.63) is 47.9 Å². The van der Waals surface area contributed by atoms with Gasteiger partial charge in [-0.05, 0) is 31.0 Å². The molecule has 6 nitrogen and oxygen atoms in total. The van der Waals surface area contributed by atoms with E-state index in [2.05, 4.69) is 10.3 Å². The highest BCUT2D eigenvalue weighted by Crippen LogP contribution is 2.31. The summed E-state index contributed by atoms with van der Waals surface area (Å²) in [6.07, 6.45) is -2.33. The SMILES string of the molecule is COC1CCN(C(=O)Nc2ccc(Oc3ccc(C(F)(F)F)cn3)c(F)c2)CC1. The van der Waals surface area contributed by atoms with Gasteiger partial charge in [0.2, 0.25) is 5.88 Å². The number of nitrogens with zero attached hydrogens (tertiary/aromatic N) is 2. The van der Waals surface area contributed by atoms with Gasteiger partial charge in [-0.3, -0.25) is 0 Å². The number of halogens is 4. The molecule has 29 heavy (non-hydrogen) atoms. The summed E-state index contributed by atoms with van der Waals surface area (Å²) in [6, 6.07) is 5.21. The molecule has 1 aliphatic heterocycles. The van der Waals surface area contributed by atoms with E-state index >= 15 is 0 Å². The first-order chi connectivity index (χ1) is 13.8. The summed E-state index contributed by atoms with van der Waals surface area (Å²) < 4.78 is 62.4. The van der Waals surface area contributed by atoms with Gasteiger partial charge in [0.15, 0.2) is 11.6 Å². The number of likely N-dealkylation sites (tertiary alicyclic amines) is 1. The molecular formula is C19H19F4N3O3. The van der Waals surface area contributed by atoms with Crippen LogP contribution < -0.4 is 10.1 Å². The highest BCUT2D eigenvalue weighted by Gasteiger charge is 2.30. The smallest absolute Gasteiger partial charge is 0.417 e. The van der Waals surface area contributed by atoms with Gasteiger partial charge in [0, 0.05) is 44.2 Å². The molecule has 1 aromatic heterocycles. The fourth-order valence-electron chi connectivity index (χ4n) is 2.88. The molecule has 156 valence electrons. The molecule has 0 spiro atoms. The lowest BCUT2D eigenvalue weighted by Gasteiger charge is -2.31. The van der Waals surface area contributed by atoms with E-state index in [0.717, 1.165) is 31.0 Å². The molecule has 0 unspecified atom stereocenters. The summed E-state index contributed by atoms with van der Waals surface area (Å²) in [5.41, 5.74) is -0.702. The van der Waals surface area contributed by atoms with E-state index < -0.39 is 17.6 Å². The maximum Gasteiger partial charge on any atom is 0.417 e. The van der Waals surface area contributed by atoms with Crippen LogP contribution in [0.3, 0.4) is 0 Å². The summed E-state index contributed by atoms with van der Waals surface area (Å²) in [7, 11) is 1.63. The first kappa shape index (κ1) is 20.8. The van der Waals surface area contributed by atoms with E-state index in [1.165, 1.54) is 12.1 Å². The van der Waals surface area contributed by atoms with Crippen LogP contribution in [0.15, 0.2) is 36.5 Å². The van der Waals surface area contributed by atoms with Gasteiger partial charge < -0.3 is 19.7 Å². The number of anilines is 1. The number of benzene rings is 1. The summed E-state index contributed by atoms with van der Waals surface area (Å²) in [5, 5.41) is 2.61. The van der Waals surface area contributed by atoms with Crippen LogP contribution in [0.2, 0.25) is 0 Å². The van der Waals surface area contributed by atoms with Gasteiger partial charge in [-0.2, -0.15) is 13.2 Å². The number of piperidine rings is 1. The molecule has 2 aromatic rings. The van der Waals surface area contributed by atoms with Crippen LogP contribution in [-0.2, 0) is 10.9 Å². The second-order valence-corrected chi connectivity index (χ2v) is 6.48. The number of ether oxygens (including phenoxy) is 2. The standard InChI is InChI=1S/C19H19F4N3O3/c1-28-14-6-8-26(9-7-14)18(27)25-13-3-4-16(15(20)10-13)29-17-5-2-12(11-24-17)19(21,22)23/h2-5,10-11,14H,6-9H2,1H3,(H,25,27). The number of alkyl halides is 3. The molecule has 1 N–H and O–H groups in total. The Morgan fingerprint density at radius 3 is 2.48 bits per heavy atom. The first-order valence-electron chi connectivity index (χ1n) is 8.85.